The van der Waals surface area contributed by atoms with Crippen LogP contribution < -0.4 is 10.5 Å². The van der Waals surface area contributed by atoms with E-state index < -0.39 is 0 Å². The SMILES string of the molecule is Cc1cc2c(c(/C(N)=N\O)c1)OCOC2. The maximum Gasteiger partial charge on any atom is 0.189 e. The van der Waals surface area contributed by atoms with E-state index >= 15 is 0 Å². The van der Waals surface area contributed by atoms with Crippen molar-refractivity contribution in [1.29, 1.82) is 0 Å². The number of nitrogens with zero attached hydrogens (tertiary/aromatic N) is 1. The van der Waals surface area contributed by atoms with Crippen LogP contribution in [0.5, 0.6) is 5.75 Å². The summed E-state index contributed by atoms with van der Waals surface area (Å²) >= 11 is 0. The van der Waals surface area contributed by atoms with Crippen LogP contribution >= 0.6 is 0 Å². The van der Waals surface area contributed by atoms with Crippen LogP contribution in [0.3, 0.4) is 0 Å². The molecule has 3 N–H and O–H groups in total. The molecule has 0 amide bonds. The van der Waals surface area contributed by atoms with Gasteiger partial charge in [0.15, 0.2) is 12.6 Å². The molecule has 1 heterocycles. The summed E-state index contributed by atoms with van der Waals surface area (Å²) in [6, 6.07) is 3.78. The van der Waals surface area contributed by atoms with Crippen molar-refractivity contribution in [3.05, 3.63) is 28.8 Å². The number of nitrogens with two attached hydrogens (primary N) is 1. The molecule has 5 heteroatoms. The number of fused-ring (bicyclic) bond motifs is 1. The van der Waals surface area contributed by atoms with E-state index in [-0.39, 0.29) is 12.6 Å². The second-order valence-corrected chi connectivity index (χ2v) is 3.40. The lowest BCUT2D eigenvalue weighted by Gasteiger charge is -2.20. The Morgan fingerprint density at radius 2 is 2.33 bits per heavy atom. The number of oxime groups is 1. The van der Waals surface area contributed by atoms with Gasteiger partial charge in [-0.2, -0.15) is 0 Å². The third kappa shape index (κ3) is 1.73. The van der Waals surface area contributed by atoms with Crippen molar-refractivity contribution in [1.82, 2.24) is 0 Å². The largest absolute Gasteiger partial charge is 0.466 e. The van der Waals surface area contributed by atoms with Gasteiger partial charge in [-0.1, -0.05) is 11.2 Å². The van der Waals surface area contributed by atoms with E-state index in [9.17, 15) is 0 Å². The molecule has 1 aliphatic heterocycles. The Bertz CT molecular complexity index is 415. The zero-order chi connectivity index (χ0) is 10.8. The minimum absolute atomic E-state index is 0.0526. The molecule has 80 valence electrons. The third-order valence-electron chi connectivity index (χ3n) is 2.24. The molecule has 15 heavy (non-hydrogen) atoms. The van der Waals surface area contributed by atoms with Crippen LogP contribution in [-0.4, -0.2) is 17.8 Å². The van der Waals surface area contributed by atoms with Gasteiger partial charge in [-0.3, -0.25) is 0 Å². The second-order valence-electron chi connectivity index (χ2n) is 3.40. The molecule has 0 radical (unpaired) electrons. The zero-order valence-electron chi connectivity index (χ0n) is 8.36. The molecule has 0 fully saturated rings. The van der Waals surface area contributed by atoms with Crippen molar-refractivity contribution in [3.63, 3.8) is 0 Å². The summed E-state index contributed by atoms with van der Waals surface area (Å²) in [5.41, 5.74) is 8.11. The van der Waals surface area contributed by atoms with Crippen LogP contribution in [0.2, 0.25) is 0 Å². The van der Waals surface area contributed by atoms with Gasteiger partial charge in [-0.05, 0) is 18.6 Å². The van der Waals surface area contributed by atoms with Crippen LogP contribution in [0.15, 0.2) is 17.3 Å². The van der Waals surface area contributed by atoms with Crippen LogP contribution in [0.4, 0.5) is 0 Å². The molecule has 0 saturated carbocycles. The lowest BCUT2D eigenvalue weighted by molar-refractivity contribution is -0.0165. The Morgan fingerprint density at radius 1 is 1.53 bits per heavy atom. The number of hydrogen-bond acceptors (Lipinski definition) is 4. The van der Waals surface area contributed by atoms with E-state index in [1.165, 1.54) is 0 Å². The average molecular weight is 208 g/mol. The molecule has 0 saturated heterocycles. The van der Waals surface area contributed by atoms with Crippen molar-refractivity contribution >= 4 is 5.84 Å². The van der Waals surface area contributed by atoms with Crippen molar-refractivity contribution in [2.24, 2.45) is 10.9 Å². The Kier molecular flexibility index (Phi) is 2.47. The first-order chi connectivity index (χ1) is 7.22. The van der Waals surface area contributed by atoms with Gasteiger partial charge in [0.25, 0.3) is 0 Å². The van der Waals surface area contributed by atoms with Crippen molar-refractivity contribution < 1.29 is 14.7 Å². The van der Waals surface area contributed by atoms with E-state index in [1.54, 1.807) is 0 Å². The van der Waals surface area contributed by atoms with Gasteiger partial charge >= 0.3 is 0 Å². The molecule has 1 aromatic rings. The number of rotatable bonds is 1. The molecule has 0 unspecified atom stereocenters. The Morgan fingerprint density at radius 3 is 3.07 bits per heavy atom. The highest BCUT2D eigenvalue weighted by atomic mass is 16.7. The minimum atomic E-state index is 0.0526. The number of hydrogen-bond donors (Lipinski definition) is 2. The Balaban J connectivity index is 2.57. The number of amidine groups is 1. The molecular weight excluding hydrogens is 196 g/mol. The monoisotopic (exact) mass is 208 g/mol. The van der Waals surface area contributed by atoms with E-state index in [1.807, 2.05) is 19.1 Å². The van der Waals surface area contributed by atoms with Crippen LogP contribution in [-0.2, 0) is 11.3 Å². The third-order valence-corrected chi connectivity index (χ3v) is 2.24. The summed E-state index contributed by atoms with van der Waals surface area (Å²) in [6.07, 6.45) is 0. The van der Waals surface area contributed by atoms with Gasteiger partial charge in [0, 0.05) is 5.56 Å². The summed E-state index contributed by atoms with van der Waals surface area (Å²) in [6.45, 7) is 2.62. The van der Waals surface area contributed by atoms with Gasteiger partial charge in [-0.25, -0.2) is 0 Å². The minimum Gasteiger partial charge on any atom is -0.466 e. The molecule has 0 atom stereocenters. The molecule has 0 aliphatic carbocycles. The summed E-state index contributed by atoms with van der Waals surface area (Å²) in [7, 11) is 0. The first kappa shape index (κ1) is 9.79. The second kappa shape index (κ2) is 3.78. The fourth-order valence-corrected chi connectivity index (χ4v) is 1.62. The van der Waals surface area contributed by atoms with Gasteiger partial charge in [0.2, 0.25) is 0 Å². The summed E-state index contributed by atoms with van der Waals surface area (Å²) in [5.74, 6) is 0.694. The summed E-state index contributed by atoms with van der Waals surface area (Å²) in [5, 5.41) is 11.6. The van der Waals surface area contributed by atoms with Gasteiger partial charge in [0.1, 0.15) is 5.75 Å². The van der Waals surface area contributed by atoms with Crippen molar-refractivity contribution in [2.45, 2.75) is 13.5 Å². The van der Waals surface area contributed by atoms with E-state index in [0.29, 0.717) is 17.9 Å². The van der Waals surface area contributed by atoms with E-state index in [0.717, 1.165) is 11.1 Å². The first-order valence-electron chi connectivity index (χ1n) is 4.54. The van der Waals surface area contributed by atoms with Crippen LogP contribution in [0, 0.1) is 6.92 Å². The predicted molar refractivity (Wildman–Crippen MR) is 54.0 cm³/mol. The number of aryl methyl sites for hydroxylation is 1. The Hall–Kier alpha value is -1.75. The normalized spacial score (nSPS) is 15.7. The highest BCUT2D eigenvalue weighted by Gasteiger charge is 2.18. The van der Waals surface area contributed by atoms with Crippen LogP contribution in [0.1, 0.15) is 16.7 Å². The van der Waals surface area contributed by atoms with Gasteiger partial charge in [-0.15, -0.1) is 0 Å². The molecule has 5 nitrogen and oxygen atoms in total. The molecule has 1 aromatic carbocycles. The van der Waals surface area contributed by atoms with Crippen LogP contribution in [0.25, 0.3) is 0 Å². The summed E-state index contributed by atoms with van der Waals surface area (Å²) < 4.78 is 10.5. The zero-order valence-corrected chi connectivity index (χ0v) is 8.36. The quantitative estimate of drug-likeness (QED) is 0.312. The molecule has 0 aromatic heterocycles. The average Bonchev–Trinajstić information content (AvgIpc) is 2.26. The first-order valence-corrected chi connectivity index (χ1v) is 4.54. The standard InChI is InChI=1S/C10H12N2O3/c1-6-2-7-4-14-5-15-9(7)8(3-6)10(11)12-13/h2-3,13H,4-5H2,1H3,(H2,11,12). The van der Waals surface area contributed by atoms with Crippen molar-refractivity contribution in [3.8, 4) is 5.75 Å². The molecule has 1 aliphatic rings. The lowest BCUT2D eigenvalue weighted by atomic mass is 10.0. The maximum absolute atomic E-state index is 8.66. The fourth-order valence-electron chi connectivity index (χ4n) is 1.62. The molecule has 0 spiro atoms. The smallest absolute Gasteiger partial charge is 0.189 e. The van der Waals surface area contributed by atoms with E-state index in [2.05, 4.69) is 5.16 Å². The number of ether oxygens (including phenoxy) is 2. The molecule has 2 rings (SSSR count). The predicted octanol–water partition coefficient (Wildman–Crippen LogP) is 0.956. The van der Waals surface area contributed by atoms with E-state index in [4.69, 9.17) is 20.4 Å². The number of benzene rings is 1. The topological polar surface area (TPSA) is 77.1 Å². The molecule has 0 bridgehead atoms. The fraction of sp³-hybridized carbons (Fsp3) is 0.300. The van der Waals surface area contributed by atoms with Crippen molar-refractivity contribution in [2.75, 3.05) is 6.79 Å². The van der Waals surface area contributed by atoms with Gasteiger partial charge < -0.3 is 20.4 Å². The highest BCUT2D eigenvalue weighted by Crippen LogP contribution is 2.29. The Labute approximate surface area is 87.1 Å². The maximum atomic E-state index is 8.66. The molecular formula is C10H12N2O3. The summed E-state index contributed by atoms with van der Waals surface area (Å²) in [4.78, 5) is 0. The van der Waals surface area contributed by atoms with Gasteiger partial charge in [0.05, 0.1) is 12.2 Å². The lowest BCUT2D eigenvalue weighted by Crippen LogP contribution is -2.20. The highest BCUT2D eigenvalue weighted by molar-refractivity contribution is 6.00.